The molecular weight excluding hydrogens is 395 g/mol. The first-order valence-electron chi connectivity index (χ1n) is 7.91. The number of carbonyl (C=O) groups excluding carboxylic acids is 2. The van der Waals surface area contributed by atoms with Crippen LogP contribution in [0.15, 0.2) is 28.4 Å². The van der Waals surface area contributed by atoms with Crippen LogP contribution in [0.4, 0.5) is 5.69 Å². The van der Waals surface area contributed by atoms with E-state index < -0.39 is 5.25 Å². The van der Waals surface area contributed by atoms with Crippen LogP contribution in [-0.4, -0.2) is 27.9 Å². The Morgan fingerprint density at radius 1 is 1.31 bits per heavy atom. The molecule has 6 nitrogen and oxygen atoms in total. The van der Waals surface area contributed by atoms with E-state index in [0.29, 0.717) is 20.9 Å². The summed E-state index contributed by atoms with van der Waals surface area (Å²) >= 11 is 13.0. The van der Waals surface area contributed by atoms with E-state index in [-0.39, 0.29) is 23.7 Å². The van der Waals surface area contributed by atoms with Crippen LogP contribution in [0.25, 0.3) is 0 Å². The molecule has 140 valence electrons. The summed E-state index contributed by atoms with van der Waals surface area (Å²) in [5.74, 6) is -0.562. The number of hydrogen-bond donors (Lipinski definition) is 2. The Labute approximate surface area is 166 Å². The predicted octanol–water partition coefficient (Wildman–Crippen LogP) is 4.33. The van der Waals surface area contributed by atoms with Crippen molar-refractivity contribution in [2.75, 3.05) is 5.32 Å². The van der Waals surface area contributed by atoms with E-state index >= 15 is 0 Å². The average Bonchev–Trinajstić information content (AvgIpc) is 2.87. The molecule has 0 unspecified atom stereocenters. The number of amidine groups is 1. The Bertz CT molecular complexity index is 787. The van der Waals surface area contributed by atoms with Gasteiger partial charge >= 0.3 is 0 Å². The molecule has 26 heavy (non-hydrogen) atoms. The fraction of sp³-hybridized carbons (Fsp3) is 0.412. The standard InChI is InChI=1S/C17H20Cl2N4O2S/c1-9(17(2,3)4)22-23-16-21-15(25)13(26-16)8-14(24)20-10-5-6-11(18)12(19)7-10/h5-7,13H,8H2,1-4H3,(H,20,24)(H,21,23,25)/b22-9-/t13-/m1/s1. The quantitative estimate of drug-likeness (QED) is 0.567. The maximum atomic E-state index is 12.2. The Morgan fingerprint density at radius 2 is 2.00 bits per heavy atom. The number of rotatable bonds is 4. The lowest BCUT2D eigenvalue weighted by molar-refractivity contribution is -0.122. The summed E-state index contributed by atoms with van der Waals surface area (Å²) in [6, 6.07) is 4.79. The van der Waals surface area contributed by atoms with Crippen LogP contribution in [0.2, 0.25) is 10.0 Å². The molecule has 2 N–H and O–H groups in total. The highest BCUT2D eigenvalue weighted by atomic mass is 35.5. The zero-order valence-corrected chi connectivity index (χ0v) is 17.2. The van der Waals surface area contributed by atoms with Gasteiger partial charge in [-0.15, -0.1) is 5.10 Å². The van der Waals surface area contributed by atoms with Gasteiger partial charge in [0, 0.05) is 23.2 Å². The minimum absolute atomic E-state index is 0.0116. The van der Waals surface area contributed by atoms with Crippen LogP contribution in [-0.2, 0) is 9.59 Å². The summed E-state index contributed by atoms with van der Waals surface area (Å²) in [4.78, 5) is 24.2. The van der Waals surface area contributed by atoms with Gasteiger partial charge in [0.25, 0.3) is 0 Å². The number of nitrogens with zero attached hydrogens (tertiary/aromatic N) is 2. The molecule has 0 bridgehead atoms. The Kier molecular flexibility index (Phi) is 6.71. The molecule has 1 aromatic rings. The number of nitrogens with one attached hydrogen (secondary N) is 2. The summed E-state index contributed by atoms with van der Waals surface area (Å²) in [5, 5.41) is 14.2. The molecule has 2 rings (SSSR count). The fourth-order valence-corrected chi connectivity index (χ4v) is 3.03. The topological polar surface area (TPSA) is 82.9 Å². The molecule has 1 aliphatic heterocycles. The van der Waals surface area contributed by atoms with Gasteiger partial charge in [0.1, 0.15) is 5.25 Å². The molecule has 0 saturated carbocycles. The molecule has 1 aliphatic rings. The Morgan fingerprint density at radius 3 is 2.62 bits per heavy atom. The number of amides is 2. The van der Waals surface area contributed by atoms with Gasteiger partial charge in [-0.1, -0.05) is 55.7 Å². The first-order chi connectivity index (χ1) is 12.1. The minimum atomic E-state index is -0.554. The van der Waals surface area contributed by atoms with Crippen molar-refractivity contribution in [1.82, 2.24) is 5.32 Å². The zero-order valence-electron chi connectivity index (χ0n) is 14.9. The lowest BCUT2D eigenvalue weighted by atomic mass is 9.91. The van der Waals surface area contributed by atoms with Gasteiger partial charge in [-0.05, 0) is 25.1 Å². The second-order valence-corrected chi connectivity index (χ2v) is 8.82. The van der Waals surface area contributed by atoms with E-state index in [2.05, 4.69) is 20.8 Å². The molecule has 1 aromatic carbocycles. The van der Waals surface area contributed by atoms with Crippen molar-refractivity contribution >= 4 is 63.3 Å². The first kappa shape index (κ1) is 20.7. The molecule has 1 fully saturated rings. The summed E-state index contributed by atoms with van der Waals surface area (Å²) in [6.45, 7) is 7.97. The lowest BCUT2D eigenvalue weighted by Gasteiger charge is -2.16. The second kappa shape index (κ2) is 8.41. The number of hydrogen-bond acceptors (Lipinski definition) is 5. The predicted molar refractivity (Wildman–Crippen MR) is 109 cm³/mol. The second-order valence-electron chi connectivity index (χ2n) is 6.82. The normalized spacial score (nSPS) is 19.6. The third-order valence-corrected chi connectivity index (χ3v) is 5.54. The van der Waals surface area contributed by atoms with Crippen LogP contribution in [0.1, 0.15) is 34.1 Å². The van der Waals surface area contributed by atoms with Gasteiger partial charge < -0.3 is 10.6 Å². The van der Waals surface area contributed by atoms with Crippen molar-refractivity contribution < 1.29 is 9.59 Å². The molecule has 0 aliphatic carbocycles. The smallest absolute Gasteiger partial charge is 0.240 e. The van der Waals surface area contributed by atoms with Crippen molar-refractivity contribution in [3.63, 3.8) is 0 Å². The Balaban J connectivity index is 1.96. The van der Waals surface area contributed by atoms with Gasteiger partial charge in [0.15, 0.2) is 5.17 Å². The van der Waals surface area contributed by atoms with E-state index in [9.17, 15) is 9.59 Å². The van der Waals surface area contributed by atoms with Gasteiger partial charge in [0.05, 0.1) is 10.0 Å². The van der Waals surface area contributed by atoms with Crippen LogP contribution in [0.3, 0.4) is 0 Å². The summed E-state index contributed by atoms with van der Waals surface area (Å²) < 4.78 is 0. The van der Waals surface area contributed by atoms with Crippen molar-refractivity contribution in [1.29, 1.82) is 0 Å². The number of anilines is 1. The SMILES string of the molecule is C/C(=N/N=C1\NC(=O)[C@@H](CC(=O)Nc2ccc(Cl)c(Cl)c2)S1)C(C)(C)C. The van der Waals surface area contributed by atoms with Gasteiger partial charge in [-0.3, -0.25) is 9.59 Å². The van der Waals surface area contributed by atoms with Crippen LogP contribution in [0, 0.1) is 5.41 Å². The number of benzene rings is 1. The van der Waals surface area contributed by atoms with E-state index in [4.69, 9.17) is 23.2 Å². The summed E-state index contributed by atoms with van der Waals surface area (Å²) in [5.41, 5.74) is 1.27. The highest BCUT2D eigenvalue weighted by Crippen LogP contribution is 2.26. The molecule has 1 heterocycles. The summed E-state index contributed by atoms with van der Waals surface area (Å²) in [7, 11) is 0. The van der Waals surface area contributed by atoms with E-state index in [0.717, 1.165) is 5.71 Å². The average molecular weight is 415 g/mol. The number of thioether (sulfide) groups is 1. The molecule has 2 amide bonds. The van der Waals surface area contributed by atoms with Crippen LogP contribution in [0.5, 0.6) is 0 Å². The van der Waals surface area contributed by atoms with Crippen LogP contribution < -0.4 is 10.6 Å². The van der Waals surface area contributed by atoms with E-state index in [1.165, 1.54) is 11.8 Å². The molecule has 0 radical (unpaired) electrons. The largest absolute Gasteiger partial charge is 0.326 e. The van der Waals surface area contributed by atoms with Crippen LogP contribution >= 0.6 is 35.0 Å². The van der Waals surface area contributed by atoms with Crippen molar-refractivity contribution in [2.24, 2.45) is 15.6 Å². The highest BCUT2D eigenvalue weighted by Gasteiger charge is 2.32. The highest BCUT2D eigenvalue weighted by molar-refractivity contribution is 8.15. The zero-order chi connectivity index (χ0) is 19.5. The molecular formula is C17H20Cl2N4O2S. The molecule has 9 heteroatoms. The van der Waals surface area contributed by atoms with Crippen molar-refractivity contribution in [2.45, 2.75) is 39.4 Å². The monoisotopic (exact) mass is 414 g/mol. The Hall–Kier alpha value is -1.57. The third-order valence-electron chi connectivity index (χ3n) is 3.73. The van der Waals surface area contributed by atoms with Crippen molar-refractivity contribution in [3.8, 4) is 0 Å². The number of halogens is 2. The third kappa shape index (κ3) is 5.72. The molecule has 1 saturated heterocycles. The maximum Gasteiger partial charge on any atom is 0.240 e. The minimum Gasteiger partial charge on any atom is -0.326 e. The maximum absolute atomic E-state index is 12.2. The molecule has 0 spiro atoms. The fourth-order valence-electron chi connectivity index (χ4n) is 1.81. The van der Waals surface area contributed by atoms with Gasteiger partial charge in [-0.2, -0.15) is 5.10 Å². The van der Waals surface area contributed by atoms with E-state index in [1.54, 1.807) is 18.2 Å². The first-order valence-corrected chi connectivity index (χ1v) is 9.55. The summed E-state index contributed by atoms with van der Waals surface area (Å²) in [6.07, 6.45) is 0.0116. The van der Waals surface area contributed by atoms with Crippen molar-refractivity contribution in [3.05, 3.63) is 28.2 Å². The van der Waals surface area contributed by atoms with Gasteiger partial charge in [-0.25, -0.2) is 0 Å². The van der Waals surface area contributed by atoms with Gasteiger partial charge in [0.2, 0.25) is 11.8 Å². The molecule has 1 atom stereocenters. The lowest BCUT2D eigenvalue weighted by Crippen LogP contribution is -2.28. The molecule has 0 aromatic heterocycles. The number of carbonyl (C=O) groups is 2. The van der Waals surface area contributed by atoms with E-state index in [1.807, 2.05) is 27.7 Å².